The quantitative estimate of drug-likeness (QED) is 0.444. The Hall–Kier alpha value is -0.610. The number of halogens is 1. The van der Waals surface area contributed by atoms with Crippen LogP contribution in [0, 0.1) is 6.92 Å². The van der Waals surface area contributed by atoms with Crippen LogP contribution in [-0.2, 0) is 6.54 Å². The standard InChI is InChI=1S/C4H7N3O.ClH/c1-3-6-4(2-5)8-7-3;/h2,5H2,1H3;1H. The van der Waals surface area contributed by atoms with Crippen molar-refractivity contribution in [3.63, 3.8) is 0 Å². The number of quaternary nitrogens is 1. The summed E-state index contributed by atoms with van der Waals surface area (Å²) in [6, 6.07) is 0. The number of nitrogens with zero attached hydrogens (tertiary/aromatic N) is 2. The molecule has 5 heteroatoms. The Labute approximate surface area is 58.8 Å². The van der Waals surface area contributed by atoms with Crippen LogP contribution in [0.25, 0.3) is 0 Å². The lowest BCUT2D eigenvalue weighted by Gasteiger charge is -1.73. The molecule has 4 nitrogen and oxygen atoms in total. The molecule has 0 fully saturated rings. The molecule has 9 heavy (non-hydrogen) atoms. The van der Waals surface area contributed by atoms with E-state index in [1.165, 1.54) is 0 Å². The minimum atomic E-state index is 0. The third-order valence-electron chi connectivity index (χ3n) is 0.783. The SMILES string of the molecule is Cc1noc(C[NH3+])n1.[Cl-]. The molecule has 0 unspecified atom stereocenters. The van der Waals surface area contributed by atoms with Gasteiger partial charge in [-0.25, -0.2) is 0 Å². The van der Waals surface area contributed by atoms with Gasteiger partial charge < -0.3 is 22.7 Å². The maximum atomic E-state index is 4.69. The fourth-order valence-corrected chi connectivity index (χ4v) is 0.442. The van der Waals surface area contributed by atoms with Gasteiger partial charge in [0.15, 0.2) is 12.4 Å². The highest BCUT2D eigenvalue weighted by Crippen LogP contribution is 1.90. The summed E-state index contributed by atoms with van der Waals surface area (Å²) in [4.78, 5) is 3.89. The fraction of sp³-hybridized carbons (Fsp3) is 0.500. The zero-order valence-electron chi connectivity index (χ0n) is 5.09. The van der Waals surface area contributed by atoms with Crippen molar-refractivity contribution in [1.29, 1.82) is 0 Å². The van der Waals surface area contributed by atoms with Gasteiger partial charge in [-0.1, -0.05) is 5.16 Å². The van der Waals surface area contributed by atoms with Gasteiger partial charge in [0.1, 0.15) is 0 Å². The molecular weight excluding hydrogens is 142 g/mol. The van der Waals surface area contributed by atoms with Gasteiger partial charge in [0.25, 0.3) is 5.89 Å². The van der Waals surface area contributed by atoms with Crippen molar-refractivity contribution in [2.45, 2.75) is 13.5 Å². The smallest absolute Gasteiger partial charge is 0.281 e. The van der Waals surface area contributed by atoms with Gasteiger partial charge in [-0.05, 0) is 6.92 Å². The Morgan fingerprint density at radius 3 is 2.56 bits per heavy atom. The Morgan fingerprint density at radius 1 is 1.67 bits per heavy atom. The van der Waals surface area contributed by atoms with Gasteiger partial charge >= 0.3 is 0 Å². The van der Waals surface area contributed by atoms with Gasteiger partial charge in [-0.3, -0.25) is 0 Å². The summed E-state index contributed by atoms with van der Waals surface area (Å²) in [6.45, 7) is 2.35. The summed E-state index contributed by atoms with van der Waals surface area (Å²) in [5.74, 6) is 1.27. The van der Waals surface area contributed by atoms with Crippen molar-refractivity contribution in [3.05, 3.63) is 11.7 Å². The fourth-order valence-electron chi connectivity index (χ4n) is 0.442. The average Bonchev–Trinajstić information content (AvgIpc) is 2.14. The van der Waals surface area contributed by atoms with E-state index < -0.39 is 0 Å². The van der Waals surface area contributed by atoms with E-state index in [0.29, 0.717) is 18.3 Å². The van der Waals surface area contributed by atoms with Crippen LogP contribution in [-0.4, -0.2) is 10.1 Å². The van der Waals surface area contributed by atoms with Crippen LogP contribution in [0.15, 0.2) is 4.52 Å². The van der Waals surface area contributed by atoms with Gasteiger partial charge in [0.05, 0.1) is 0 Å². The number of hydrogen-bond acceptors (Lipinski definition) is 3. The maximum absolute atomic E-state index is 4.69. The summed E-state index contributed by atoms with van der Waals surface area (Å²) in [7, 11) is 0. The van der Waals surface area contributed by atoms with E-state index in [1.807, 2.05) is 0 Å². The lowest BCUT2D eigenvalue weighted by Crippen LogP contribution is -3.00. The molecule has 3 N–H and O–H groups in total. The second-order valence-electron chi connectivity index (χ2n) is 1.49. The van der Waals surface area contributed by atoms with Gasteiger partial charge in [-0.15, -0.1) is 0 Å². The topological polar surface area (TPSA) is 66.6 Å². The number of hydrogen-bond donors (Lipinski definition) is 1. The summed E-state index contributed by atoms with van der Waals surface area (Å²) in [5, 5.41) is 3.56. The van der Waals surface area contributed by atoms with E-state index in [-0.39, 0.29) is 12.4 Å². The zero-order valence-corrected chi connectivity index (χ0v) is 5.85. The second-order valence-corrected chi connectivity index (χ2v) is 1.49. The Balaban J connectivity index is 0.000000640. The summed E-state index contributed by atoms with van der Waals surface area (Å²) < 4.78 is 4.69. The molecule has 0 radical (unpaired) electrons. The molecule has 0 aromatic carbocycles. The molecule has 0 bridgehead atoms. The van der Waals surface area contributed by atoms with Crippen LogP contribution in [0.1, 0.15) is 11.7 Å². The molecule has 0 saturated heterocycles. The van der Waals surface area contributed by atoms with Crippen LogP contribution in [0.2, 0.25) is 0 Å². The minimum absolute atomic E-state index is 0. The average molecular weight is 150 g/mol. The van der Waals surface area contributed by atoms with Crippen molar-refractivity contribution in [3.8, 4) is 0 Å². The second kappa shape index (κ2) is 3.42. The molecule has 0 saturated carbocycles. The molecule has 1 rings (SSSR count). The minimum Gasteiger partial charge on any atom is -1.00 e. The Morgan fingerprint density at radius 2 is 2.33 bits per heavy atom. The summed E-state index contributed by atoms with van der Waals surface area (Å²) >= 11 is 0. The van der Waals surface area contributed by atoms with Crippen molar-refractivity contribution >= 4 is 0 Å². The predicted octanol–water partition coefficient (Wildman–Crippen LogP) is -3.88. The molecule has 1 aromatic rings. The van der Waals surface area contributed by atoms with Crippen molar-refractivity contribution in [2.24, 2.45) is 0 Å². The van der Waals surface area contributed by atoms with E-state index in [1.54, 1.807) is 6.92 Å². The summed E-state index contributed by atoms with van der Waals surface area (Å²) in [6.07, 6.45) is 0. The molecule has 1 heterocycles. The molecule has 0 aliphatic heterocycles. The molecule has 52 valence electrons. The highest BCUT2D eigenvalue weighted by molar-refractivity contribution is 4.78. The van der Waals surface area contributed by atoms with Crippen LogP contribution < -0.4 is 18.1 Å². The van der Waals surface area contributed by atoms with Gasteiger partial charge in [0, 0.05) is 0 Å². The molecular formula is C4H8ClN3O. The normalized spacial score (nSPS) is 8.67. The van der Waals surface area contributed by atoms with Crippen molar-refractivity contribution < 1.29 is 22.7 Å². The lowest BCUT2D eigenvalue weighted by molar-refractivity contribution is -0.391. The summed E-state index contributed by atoms with van der Waals surface area (Å²) in [5.41, 5.74) is 3.57. The third-order valence-corrected chi connectivity index (χ3v) is 0.783. The first kappa shape index (κ1) is 8.39. The number of aryl methyl sites for hydroxylation is 1. The van der Waals surface area contributed by atoms with Crippen molar-refractivity contribution in [2.75, 3.05) is 0 Å². The molecule has 1 aromatic heterocycles. The molecule has 0 amide bonds. The first-order valence-corrected chi connectivity index (χ1v) is 2.41. The third kappa shape index (κ3) is 1.99. The Bertz CT molecular complexity index is 176. The van der Waals surface area contributed by atoms with E-state index in [2.05, 4.69) is 20.4 Å². The molecule has 0 spiro atoms. The highest BCUT2D eigenvalue weighted by atomic mass is 35.5. The van der Waals surface area contributed by atoms with Gasteiger partial charge in [0.2, 0.25) is 0 Å². The zero-order chi connectivity index (χ0) is 5.98. The van der Waals surface area contributed by atoms with E-state index in [4.69, 9.17) is 0 Å². The van der Waals surface area contributed by atoms with Crippen molar-refractivity contribution in [1.82, 2.24) is 10.1 Å². The highest BCUT2D eigenvalue weighted by Gasteiger charge is 1.98. The van der Waals surface area contributed by atoms with Crippen LogP contribution in [0.3, 0.4) is 0 Å². The van der Waals surface area contributed by atoms with E-state index >= 15 is 0 Å². The monoisotopic (exact) mass is 149 g/mol. The van der Waals surface area contributed by atoms with Crippen LogP contribution in [0.4, 0.5) is 0 Å². The van der Waals surface area contributed by atoms with Crippen LogP contribution >= 0.6 is 0 Å². The lowest BCUT2D eigenvalue weighted by atomic mass is 10.6. The van der Waals surface area contributed by atoms with E-state index in [0.717, 1.165) is 0 Å². The molecule has 0 atom stereocenters. The first-order chi connectivity index (χ1) is 3.83. The largest absolute Gasteiger partial charge is 1.00 e. The van der Waals surface area contributed by atoms with Crippen LogP contribution in [0.5, 0.6) is 0 Å². The number of rotatable bonds is 1. The maximum Gasteiger partial charge on any atom is 0.281 e. The first-order valence-electron chi connectivity index (χ1n) is 2.41. The number of aromatic nitrogens is 2. The Kier molecular flexibility index (Phi) is 3.19. The molecule has 0 aliphatic carbocycles. The molecule has 0 aliphatic rings. The predicted molar refractivity (Wildman–Crippen MR) is 25.6 cm³/mol. The van der Waals surface area contributed by atoms with Gasteiger partial charge in [-0.2, -0.15) is 4.98 Å². The van der Waals surface area contributed by atoms with E-state index in [9.17, 15) is 0 Å².